The van der Waals surface area contributed by atoms with Crippen molar-refractivity contribution in [1.82, 2.24) is 0 Å². The van der Waals surface area contributed by atoms with Gasteiger partial charge in [0.05, 0.1) is 12.0 Å². The van der Waals surface area contributed by atoms with Gasteiger partial charge in [0, 0.05) is 11.6 Å². The number of ketones is 1. The van der Waals surface area contributed by atoms with Crippen LogP contribution in [0.15, 0.2) is 42.5 Å². The van der Waals surface area contributed by atoms with Crippen LogP contribution in [0.2, 0.25) is 0 Å². The number of rotatable bonds is 1. The van der Waals surface area contributed by atoms with Gasteiger partial charge in [-0.05, 0) is 6.07 Å². The van der Waals surface area contributed by atoms with E-state index in [0.717, 1.165) is 12.1 Å². The van der Waals surface area contributed by atoms with E-state index in [1.165, 1.54) is 0 Å². The van der Waals surface area contributed by atoms with E-state index < -0.39 is 17.3 Å². The van der Waals surface area contributed by atoms with Crippen molar-refractivity contribution in [1.29, 1.82) is 0 Å². The lowest BCUT2D eigenvalue weighted by atomic mass is 9.92. The van der Waals surface area contributed by atoms with Crippen molar-refractivity contribution in [2.45, 2.75) is 12.2 Å². The molecule has 2 aromatic carbocycles. The van der Waals surface area contributed by atoms with E-state index in [4.69, 9.17) is 4.74 Å². The highest BCUT2D eigenvalue weighted by molar-refractivity contribution is 6.02. The molecule has 0 radical (unpaired) electrons. The van der Waals surface area contributed by atoms with Gasteiger partial charge in [-0.25, -0.2) is 0 Å². The molecule has 20 heavy (non-hydrogen) atoms. The number of carbonyl (C=O) groups excluding carboxylic acids is 1. The standard InChI is InChI=1S/C15H12O5/c16-10-6-11(17)14-12(18)8-15(19,20-13(14)7-10)9-4-2-1-3-5-9/h1-7,16-17,19H,8H2/p-1. The van der Waals surface area contributed by atoms with Crippen LogP contribution in [0, 0.1) is 0 Å². The van der Waals surface area contributed by atoms with Crippen LogP contribution in [-0.2, 0) is 5.79 Å². The molecule has 1 aliphatic rings. The molecule has 3 rings (SSSR count). The van der Waals surface area contributed by atoms with Crippen LogP contribution < -0.4 is 9.84 Å². The average Bonchev–Trinajstić information content (AvgIpc) is 2.38. The van der Waals surface area contributed by atoms with Crippen molar-refractivity contribution >= 4 is 5.78 Å². The summed E-state index contributed by atoms with van der Waals surface area (Å²) in [4.78, 5) is 12.1. The molecule has 0 aliphatic carbocycles. The normalized spacial score (nSPS) is 21.1. The van der Waals surface area contributed by atoms with E-state index >= 15 is 0 Å². The Bertz CT molecular complexity index is 680. The van der Waals surface area contributed by atoms with Crippen LogP contribution in [0.3, 0.4) is 0 Å². The maximum Gasteiger partial charge on any atom is 0.242 e. The number of hydrogen-bond acceptors (Lipinski definition) is 5. The summed E-state index contributed by atoms with van der Waals surface area (Å²) in [5.41, 5.74) is 0.276. The summed E-state index contributed by atoms with van der Waals surface area (Å²) in [5.74, 6) is -3.36. The fourth-order valence-electron chi connectivity index (χ4n) is 2.31. The second kappa shape index (κ2) is 4.25. The van der Waals surface area contributed by atoms with Gasteiger partial charge >= 0.3 is 0 Å². The molecule has 0 fully saturated rings. The second-order valence-corrected chi connectivity index (χ2v) is 4.67. The van der Waals surface area contributed by atoms with Crippen LogP contribution in [-0.4, -0.2) is 16.0 Å². The third kappa shape index (κ3) is 1.88. The second-order valence-electron chi connectivity index (χ2n) is 4.67. The maximum absolute atomic E-state index is 12.1. The predicted octanol–water partition coefficient (Wildman–Crippen LogP) is 1.28. The average molecular weight is 271 g/mol. The highest BCUT2D eigenvalue weighted by Crippen LogP contribution is 2.42. The van der Waals surface area contributed by atoms with Crippen LogP contribution in [0.1, 0.15) is 22.3 Å². The fourth-order valence-corrected chi connectivity index (χ4v) is 2.31. The molecule has 5 nitrogen and oxygen atoms in total. The Hall–Kier alpha value is -2.53. The summed E-state index contributed by atoms with van der Waals surface area (Å²) in [6.07, 6.45) is -0.343. The predicted molar refractivity (Wildman–Crippen MR) is 67.5 cm³/mol. The molecule has 0 amide bonds. The van der Waals surface area contributed by atoms with Crippen molar-refractivity contribution in [2.24, 2.45) is 0 Å². The fraction of sp³-hybridized carbons (Fsp3) is 0.133. The molecule has 2 aromatic rings. The molecule has 1 heterocycles. The summed E-state index contributed by atoms with van der Waals surface area (Å²) in [6.45, 7) is 0. The van der Waals surface area contributed by atoms with Crippen molar-refractivity contribution in [3.05, 3.63) is 53.6 Å². The Balaban J connectivity index is 2.11. The first kappa shape index (κ1) is 12.5. The lowest BCUT2D eigenvalue weighted by molar-refractivity contribution is -0.269. The van der Waals surface area contributed by atoms with Crippen LogP contribution in [0.4, 0.5) is 0 Å². The molecule has 1 aliphatic heterocycles. The smallest absolute Gasteiger partial charge is 0.242 e. The van der Waals surface area contributed by atoms with Gasteiger partial charge in [0.25, 0.3) is 0 Å². The van der Waals surface area contributed by atoms with E-state index in [0.29, 0.717) is 5.56 Å². The number of fused-ring (bicyclic) bond motifs is 1. The molecular weight excluding hydrogens is 260 g/mol. The van der Waals surface area contributed by atoms with Gasteiger partial charge in [-0.2, -0.15) is 0 Å². The number of Topliss-reactive ketones (excluding diaryl/α,β-unsaturated/α-hetero) is 1. The lowest BCUT2D eigenvalue weighted by Crippen LogP contribution is -2.39. The number of benzene rings is 2. The summed E-state index contributed by atoms with van der Waals surface area (Å²) in [5, 5.41) is 31.6. The Morgan fingerprint density at radius 2 is 1.90 bits per heavy atom. The minimum absolute atomic E-state index is 0.0994. The minimum Gasteiger partial charge on any atom is -0.872 e. The van der Waals surface area contributed by atoms with Crippen molar-refractivity contribution in [2.75, 3.05) is 0 Å². The van der Waals surface area contributed by atoms with E-state index in [1.807, 2.05) is 0 Å². The quantitative estimate of drug-likeness (QED) is 0.815. The summed E-state index contributed by atoms with van der Waals surface area (Å²) < 4.78 is 5.41. The Labute approximate surface area is 114 Å². The van der Waals surface area contributed by atoms with Crippen LogP contribution >= 0.6 is 0 Å². The Morgan fingerprint density at radius 3 is 2.60 bits per heavy atom. The largest absolute Gasteiger partial charge is 0.872 e. The summed E-state index contributed by atoms with van der Waals surface area (Å²) in [6, 6.07) is 10.5. The van der Waals surface area contributed by atoms with E-state index in [9.17, 15) is 20.1 Å². The number of hydrogen-bond donors (Lipinski definition) is 2. The SMILES string of the molecule is O=C1CC(O)(c2ccccc2)Oc2cc(O)cc([O-])c21. The number of phenols is 1. The number of aliphatic hydroxyl groups is 1. The van der Waals surface area contributed by atoms with E-state index in [-0.39, 0.29) is 23.5 Å². The first-order valence-electron chi connectivity index (χ1n) is 6.04. The molecule has 2 N–H and O–H groups in total. The first-order chi connectivity index (χ1) is 9.49. The van der Waals surface area contributed by atoms with Crippen molar-refractivity contribution < 1.29 is 24.9 Å². The van der Waals surface area contributed by atoms with Gasteiger partial charge in [0.15, 0.2) is 5.78 Å². The third-order valence-electron chi connectivity index (χ3n) is 3.23. The zero-order valence-electron chi connectivity index (χ0n) is 10.4. The van der Waals surface area contributed by atoms with Gasteiger partial charge in [0.2, 0.25) is 5.79 Å². The van der Waals surface area contributed by atoms with Crippen LogP contribution in [0.25, 0.3) is 0 Å². The highest BCUT2D eigenvalue weighted by atomic mass is 16.6. The number of aromatic hydroxyl groups is 1. The maximum atomic E-state index is 12.1. The molecule has 102 valence electrons. The molecule has 0 saturated carbocycles. The number of phenolic OH excluding ortho intramolecular Hbond substituents is 1. The van der Waals surface area contributed by atoms with Crippen molar-refractivity contribution in [3.8, 4) is 17.2 Å². The summed E-state index contributed by atoms with van der Waals surface area (Å²) in [7, 11) is 0. The third-order valence-corrected chi connectivity index (χ3v) is 3.23. The van der Waals surface area contributed by atoms with Gasteiger partial charge in [0.1, 0.15) is 11.5 Å². The Morgan fingerprint density at radius 1 is 1.20 bits per heavy atom. The molecule has 5 heteroatoms. The lowest BCUT2D eigenvalue weighted by Gasteiger charge is -2.35. The van der Waals surface area contributed by atoms with Gasteiger partial charge in [-0.15, -0.1) is 0 Å². The zero-order chi connectivity index (χ0) is 14.3. The van der Waals surface area contributed by atoms with Gasteiger partial charge in [-0.3, -0.25) is 4.79 Å². The summed E-state index contributed by atoms with van der Waals surface area (Å²) >= 11 is 0. The monoisotopic (exact) mass is 271 g/mol. The number of ether oxygens (including phenoxy) is 1. The van der Waals surface area contributed by atoms with Crippen molar-refractivity contribution in [3.63, 3.8) is 0 Å². The molecule has 0 saturated heterocycles. The molecule has 0 aromatic heterocycles. The molecular formula is C15H11O5-. The Kier molecular flexibility index (Phi) is 2.65. The molecule has 0 spiro atoms. The van der Waals surface area contributed by atoms with E-state index in [2.05, 4.69) is 0 Å². The highest BCUT2D eigenvalue weighted by Gasteiger charge is 2.40. The molecule has 0 bridgehead atoms. The number of carbonyl (C=O) groups is 1. The molecule has 1 unspecified atom stereocenters. The topological polar surface area (TPSA) is 89.8 Å². The van der Waals surface area contributed by atoms with Gasteiger partial charge < -0.3 is 20.1 Å². The zero-order valence-corrected chi connectivity index (χ0v) is 10.4. The van der Waals surface area contributed by atoms with Crippen LogP contribution in [0.5, 0.6) is 17.2 Å². The van der Waals surface area contributed by atoms with E-state index in [1.54, 1.807) is 30.3 Å². The molecule has 1 atom stereocenters. The minimum atomic E-state index is -1.83. The van der Waals surface area contributed by atoms with Gasteiger partial charge in [-0.1, -0.05) is 36.1 Å². The first-order valence-corrected chi connectivity index (χ1v) is 6.04.